The average Bonchev–Trinajstić information content (AvgIpc) is 2.84. The van der Waals surface area contributed by atoms with Gasteiger partial charge in [-0.05, 0) is 62.2 Å². The van der Waals surface area contributed by atoms with E-state index in [0.29, 0.717) is 43.1 Å². The third kappa shape index (κ3) is 4.67. The van der Waals surface area contributed by atoms with Gasteiger partial charge in [-0.1, -0.05) is 0 Å². The highest BCUT2D eigenvalue weighted by Crippen LogP contribution is 2.33. The summed E-state index contributed by atoms with van der Waals surface area (Å²) in [6.45, 7) is 2.70. The van der Waals surface area contributed by atoms with Crippen LogP contribution in [-0.2, 0) is 19.6 Å². The van der Waals surface area contributed by atoms with Crippen LogP contribution in [-0.4, -0.2) is 57.9 Å². The molecular formula is C23H27N3O6S. The fraction of sp³-hybridized carbons (Fsp3) is 0.391. The monoisotopic (exact) mass is 473 g/mol. The number of sulfonamides is 1. The molecule has 1 fully saturated rings. The first-order chi connectivity index (χ1) is 15.8. The van der Waals surface area contributed by atoms with Crippen molar-refractivity contribution in [2.24, 2.45) is 5.92 Å². The van der Waals surface area contributed by atoms with E-state index < -0.39 is 15.9 Å². The molecule has 33 heavy (non-hydrogen) atoms. The molecule has 2 aliphatic rings. The first-order valence-electron chi connectivity index (χ1n) is 10.9. The lowest BCUT2D eigenvalue weighted by Crippen LogP contribution is -2.46. The average molecular weight is 474 g/mol. The third-order valence-corrected chi connectivity index (χ3v) is 7.78. The van der Waals surface area contributed by atoms with Gasteiger partial charge in [0, 0.05) is 25.3 Å². The lowest BCUT2D eigenvalue weighted by molar-refractivity contribution is -0.123. The normalized spacial score (nSPS) is 18.6. The number of hydrogen-bond acceptors (Lipinski definition) is 6. The summed E-state index contributed by atoms with van der Waals surface area (Å²) in [5, 5.41) is 2.63. The number of benzene rings is 2. The molecule has 0 saturated carbocycles. The Morgan fingerprint density at radius 3 is 2.70 bits per heavy atom. The van der Waals surface area contributed by atoms with Crippen molar-refractivity contribution in [1.29, 1.82) is 0 Å². The van der Waals surface area contributed by atoms with Gasteiger partial charge in [-0.2, -0.15) is 4.31 Å². The fourth-order valence-electron chi connectivity index (χ4n) is 4.18. The van der Waals surface area contributed by atoms with Crippen LogP contribution in [0, 0.1) is 5.92 Å². The van der Waals surface area contributed by atoms with Crippen molar-refractivity contribution in [2.45, 2.75) is 24.7 Å². The Morgan fingerprint density at radius 1 is 1.24 bits per heavy atom. The predicted molar refractivity (Wildman–Crippen MR) is 123 cm³/mol. The maximum atomic E-state index is 13.3. The van der Waals surface area contributed by atoms with Crippen LogP contribution < -0.4 is 19.7 Å². The highest BCUT2D eigenvalue weighted by molar-refractivity contribution is 7.89. The number of nitrogens with zero attached hydrogens (tertiary/aromatic N) is 2. The summed E-state index contributed by atoms with van der Waals surface area (Å²) in [6, 6.07) is 11.6. The molecule has 0 unspecified atom stereocenters. The molecule has 1 N–H and O–H groups in total. The SMILES string of the molecule is CCN(C(=O)[C@H]1CCCN(S(=O)(=O)c2ccc3c(c2)NC(=O)CO3)C1)c1ccc(OC)cc1. The van der Waals surface area contributed by atoms with Crippen molar-refractivity contribution >= 4 is 33.2 Å². The highest BCUT2D eigenvalue weighted by atomic mass is 32.2. The van der Waals surface area contributed by atoms with E-state index >= 15 is 0 Å². The summed E-state index contributed by atoms with van der Waals surface area (Å²) in [4.78, 5) is 26.7. The molecule has 0 bridgehead atoms. The van der Waals surface area contributed by atoms with E-state index in [9.17, 15) is 18.0 Å². The molecule has 0 aromatic heterocycles. The number of ether oxygens (including phenoxy) is 2. The van der Waals surface area contributed by atoms with E-state index in [4.69, 9.17) is 9.47 Å². The van der Waals surface area contributed by atoms with E-state index in [1.807, 2.05) is 19.1 Å². The van der Waals surface area contributed by atoms with Crippen molar-refractivity contribution in [1.82, 2.24) is 4.31 Å². The van der Waals surface area contributed by atoms with Gasteiger partial charge in [0.1, 0.15) is 11.5 Å². The Bertz CT molecular complexity index is 1150. The first kappa shape index (κ1) is 23.1. The van der Waals surface area contributed by atoms with Gasteiger partial charge >= 0.3 is 0 Å². The van der Waals surface area contributed by atoms with E-state index in [1.54, 1.807) is 24.1 Å². The molecule has 9 nitrogen and oxygen atoms in total. The number of methoxy groups -OCH3 is 1. The summed E-state index contributed by atoms with van der Waals surface area (Å²) in [6.07, 6.45) is 1.20. The molecule has 0 aliphatic carbocycles. The number of nitrogens with one attached hydrogen (secondary N) is 1. The molecule has 2 aromatic carbocycles. The largest absolute Gasteiger partial charge is 0.497 e. The van der Waals surface area contributed by atoms with Gasteiger partial charge in [0.15, 0.2) is 6.61 Å². The Kier molecular flexibility index (Phi) is 6.57. The maximum Gasteiger partial charge on any atom is 0.262 e. The Morgan fingerprint density at radius 2 is 2.00 bits per heavy atom. The second-order valence-electron chi connectivity index (χ2n) is 7.98. The van der Waals surface area contributed by atoms with Gasteiger partial charge < -0.3 is 19.7 Å². The Hall–Kier alpha value is -3.11. The second kappa shape index (κ2) is 9.40. The van der Waals surface area contributed by atoms with Crippen molar-refractivity contribution in [3.63, 3.8) is 0 Å². The minimum Gasteiger partial charge on any atom is -0.497 e. The highest BCUT2D eigenvalue weighted by Gasteiger charge is 2.35. The minimum atomic E-state index is -3.85. The molecule has 2 heterocycles. The van der Waals surface area contributed by atoms with E-state index in [0.717, 1.165) is 5.69 Å². The summed E-state index contributed by atoms with van der Waals surface area (Å²) >= 11 is 0. The van der Waals surface area contributed by atoms with E-state index in [-0.39, 0.29) is 29.9 Å². The van der Waals surface area contributed by atoms with Crippen LogP contribution in [0.1, 0.15) is 19.8 Å². The van der Waals surface area contributed by atoms with E-state index in [2.05, 4.69) is 5.32 Å². The number of carbonyl (C=O) groups is 2. The van der Waals surface area contributed by atoms with Crippen LogP contribution in [0.4, 0.5) is 11.4 Å². The number of rotatable bonds is 6. The lowest BCUT2D eigenvalue weighted by atomic mass is 9.97. The molecule has 0 spiro atoms. The standard InChI is InChI=1S/C23H27N3O6S/c1-3-26(17-6-8-18(31-2)9-7-17)23(28)16-5-4-12-25(14-16)33(29,30)19-10-11-21-20(13-19)24-22(27)15-32-21/h6-11,13,16H,3-5,12,14-15H2,1-2H3,(H,24,27)/t16-/m0/s1. The van der Waals surface area contributed by atoms with Gasteiger partial charge in [-0.25, -0.2) is 8.42 Å². The van der Waals surface area contributed by atoms with Crippen LogP contribution in [0.2, 0.25) is 0 Å². The van der Waals surface area contributed by atoms with Crippen LogP contribution in [0.15, 0.2) is 47.4 Å². The predicted octanol–water partition coefficient (Wildman–Crippen LogP) is 2.48. The lowest BCUT2D eigenvalue weighted by Gasteiger charge is -2.34. The van der Waals surface area contributed by atoms with Gasteiger partial charge in [0.25, 0.3) is 5.91 Å². The number of piperidine rings is 1. The summed E-state index contributed by atoms with van der Waals surface area (Å²) < 4.78 is 38.5. The number of hydrogen-bond donors (Lipinski definition) is 1. The summed E-state index contributed by atoms with van der Waals surface area (Å²) in [7, 11) is -2.26. The molecule has 1 saturated heterocycles. The van der Waals surface area contributed by atoms with Crippen LogP contribution >= 0.6 is 0 Å². The molecule has 4 rings (SSSR count). The topological polar surface area (TPSA) is 105 Å². The zero-order chi connectivity index (χ0) is 23.6. The third-order valence-electron chi connectivity index (χ3n) is 5.92. The zero-order valence-electron chi connectivity index (χ0n) is 18.6. The van der Waals surface area contributed by atoms with Gasteiger partial charge in [0.05, 0.1) is 23.6 Å². The maximum absolute atomic E-state index is 13.3. The summed E-state index contributed by atoms with van der Waals surface area (Å²) in [5.74, 6) is 0.242. The van der Waals surface area contributed by atoms with Gasteiger partial charge in [0.2, 0.25) is 15.9 Å². The molecular weight excluding hydrogens is 446 g/mol. The quantitative estimate of drug-likeness (QED) is 0.691. The van der Waals surface area contributed by atoms with E-state index in [1.165, 1.54) is 22.5 Å². The Labute approximate surface area is 193 Å². The van der Waals surface area contributed by atoms with Gasteiger partial charge in [-0.3, -0.25) is 9.59 Å². The molecule has 176 valence electrons. The van der Waals surface area contributed by atoms with Crippen LogP contribution in [0.5, 0.6) is 11.5 Å². The Balaban J connectivity index is 1.53. The van der Waals surface area contributed by atoms with Gasteiger partial charge in [-0.15, -0.1) is 0 Å². The zero-order valence-corrected chi connectivity index (χ0v) is 19.4. The second-order valence-corrected chi connectivity index (χ2v) is 9.92. The van der Waals surface area contributed by atoms with Crippen molar-refractivity contribution in [3.8, 4) is 11.5 Å². The molecule has 2 amide bonds. The molecule has 1 atom stereocenters. The van der Waals surface area contributed by atoms with Crippen LogP contribution in [0.25, 0.3) is 0 Å². The van der Waals surface area contributed by atoms with Crippen molar-refractivity contribution < 1.29 is 27.5 Å². The minimum absolute atomic E-state index is 0.0580. The number of amides is 2. The van der Waals surface area contributed by atoms with Crippen molar-refractivity contribution in [3.05, 3.63) is 42.5 Å². The molecule has 2 aromatic rings. The molecule has 0 radical (unpaired) electrons. The number of fused-ring (bicyclic) bond motifs is 1. The van der Waals surface area contributed by atoms with Crippen LogP contribution in [0.3, 0.4) is 0 Å². The number of carbonyl (C=O) groups excluding carboxylic acids is 2. The molecule has 10 heteroatoms. The number of anilines is 2. The summed E-state index contributed by atoms with van der Waals surface area (Å²) in [5.41, 5.74) is 1.07. The fourth-order valence-corrected chi connectivity index (χ4v) is 5.73. The molecule has 2 aliphatic heterocycles. The van der Waals surface area contributed by atoms with Crippen molar-refractivity contribution in [2.75, 3.05) is 43.6 Å². The first-order valence-corrected chi connectivity index (χ1v) is 12.3. The smallest absolute Gasteiger partial charge is 0.262 e.